The molecule has 0 rings (SSSR count). The fourth-order valence-electron chi connectivity index (χ4n) is 7.13. The molecule has 0 aliphatic carbocycles. The van der Waals surface area contributed by atoms with Gasteiger partial charge in [0.2, 0.25) is 5.91 Å². The van der Waals surface area contributed by atoms with Gasteiger partial charge in [-0.15, -0.1) is 0 Å². The maximum atomic E-state index is 13.4. The maximum Gasteiger partial charge on any atom is 0.306 e. The van der Waals surface area contributed by atoms with E-state index in [1.807, 2.05) is 94.1 Å². The maximum absolute atomic E-state index is 13.4. The van der Waals surface area contributed by atoms with Crippen molar-refractivity contribution in [3.05, 3.63) is 109 Å². The molecule has 0 saturated heterocycles. The molecule has 3 atom stereocenters. The van der Waals surface area contributed by atoms with Gasteiger partial charge in [-0.1, -0.05) is 227 Å². The van der Waals surface area contributed by atoms with E-state index in [-0.39, 0.29) is 25.4 Å². The van der Waals surface area contributed by atoms with Crippen LogP contribution in [0.15, 0.2) is 109 Å². The smallest absolute Gasteiger partial charge is 0.306 e. The molecular weight excluding hydrogens is 880 g/mol. The van der Waals surface area contributed by atoms with Gasteiger partial charge in [0.1, 0.15) is 19.3 Å². The van der Waals surface area contributed by atoms with E-state index in [4.69, 9.17) is 13.8 Å². The molecule has 0 fully saturated rings. The zero-order valence-corrected chi connectivity index (χ0v) is 45.6. The highest BCUT2D eigenvalue weighted by Crippen LogP contribution is 2.38. The fourth-order valence-corrected chi connectivity index (χ4v) is 7.86. The average molecular weight is 981 g/mol. The van der Waals surface area contributed by atoms with Crippen molar-refractivity contribution in [1.29, 1.82) is 0 Å². The van der Waals surface area contributed by atoms with E-state index in [2.05, 4.69) is 56.5 Å². The van der Waals surface area contributed by atoms with Crippen LogP contribution in [0.4, 0.5) is 0 Å². The lowest BCUT2D eigenvalue weighted by molar-refractivity contribution is -0.870. The van der Waals surface area contributed by atoms with Crippen LogP contribution in [0.1, 0.15) is 201 Å². The van der Waals surface area contributed by atoms with Crippen LogP contribution < -0.4 is 10.2 Å². The summed E-state index contributed by atoms with van der Waals surface area (Å²) in [7, 11) is 1.11. The number of quaternary nitrogens is 1. The quantitative estimate of drug-likeness (QED) is 0.0161. The molecule has 3 unspecified atom stereocenters. The highest BCUT2D eigenvalue weighted by atomic mass is 31.2. The van der Waals surface area contributed by atoms with Gasteiger partial charge in [-0.3, -0.25) is 14.2 Å². The van der Waals surface area contributed by atoms with Crippen molar-refractivity contribution >= 4 is 19.7 Å². The van der Waals surface area contributed by atoms with Crippen molar-refractivity contribution in [2.45, 2.75) is 213 Å². The zero-order valence-electron chi connectivity index (χ0n) is 44.7. The number of unbranched alkanes of at least 4 members (excludes halogenated alkanes) is 20. The van der Waals surface area contributed by atoms with Crippen LogP contribution in [0.25, 0.3) is 0 Å². The van der Waals surface area contributed by atoms with Gasteiger partial charge in [-0.25, -0.2) is 0 Å². The van der Waals surface area contributed by atoms with Crippen molar-refractivity contribution in [3.63, 3.8) is 0 Å². The Morgan fingerprint density at radius 3 is 1.54 bits per heavy atom. The number of likely N-dealkylation sites (N-methyl/N-ethyl adjacent to an activating group) is 1. The van der Waals surface area contributed by atoms with Crippen LogP contribution in [-0.4, -0.2) is 69.4 Å². The molecule has 0 bridgehead atoms. The first-order chi connectivity index (χ1) is 33.4. The summed E-state index contributed by atoms with van der Waals surface area (Å²) >= 11 is 0. The Kier molecular flexibility index (Phi) is 46.0. The summed E-state index contributed by atoms with van der Waals surface area (Å²) in [5, 5.41) is 2.97. The molecule has 394 valence electrons. The van der Waals surface area contributed by atoms with Crippen LogP contribution >= 0.6 is 7.82 Å². The number of carbonyl (C=O) groups is 2. The van der Waals surface area contributed by atoms with Gasteiger partial charge < -0.3 is 28.5 Å². The Bertz CT molecular complexity index is 1550. The molecule has 0 heterocycles. The van der Waals surface area contributed by atoms with E-state index >= 15 is 0 Å². The van der Waals surface area contributed by atoms with E-state index in [9.17, 15) is 19.0 Å². The number of hydrogen-bond acceptors (Lipinski definition) is 7. The molecule has 0 saturated carbocycles. The van der Waals surface area contributed by atoms with Gasteiger partial charge in [0.05, 0.1) is 33.8 Å². The standard InChI is InChI=1S/C59H101N2O7P/c1-7-10-13-16-19-22-25-28-29-30-31-34-36-39-42-45-48-51-58(62)60-56(55-67-69(64,65)66-54-53-61(4,5)6)57(50-47-44-41-38-35-32-26-23-20-17-14-11-8-2)68-59(63)52-49-46-43-40-37-33-27-24-21-18-15-12-9-3/h10,13,16,19,22,25,28-31,33-34,36-37,43,46-47,50,56-57H,7-9,11-12,14-15,17-18,20-21,23-24,26-27,32,35,38-42,44-45,48-49,51-55H2,1-6H3,(H-,60,62,64,65)/b13-10-,19-16+,25-22+,29-28-,31-30+,36-34+,37-33-,46-43+,50-47-. The SMILES string of the molecule is CC\C=C/C=C/C=C/C=C\C=C\C=C\CCCCCC(=O)NC(COP(=O)([O-])OCC[N+](C)(C)C)C(/C=C\CCCCCCCCCCCCC)OC(=O)CC/C=C/C/C=C\CCCCCCCC. The number of amides is 1. The number of allylic oxidation sites excluding steroid dienone is 17. The molecule has 10 heteroatoms. The summed E-state index contributed by atoms with van der Waals surface area (Å²) in [6.45, 7) is 6.58. The summed E-state index contributed by atoms with van der Waals surface area (Å²) in [4.78, 5) is 39.7. The highest BCUT2D eigenvalue weighted by Gasteiger charge is 2.27. The summed E-state index contributed by atoms with van der Waals surface area (Å²) in [6.07, 6.45) is 65.0. The Balaban J connectivity index is 5.59. The Morgan fingerprint density at radius 1 is 0.536 bits per heavy atom. The van der Waals surface area contributed by atoms with Crippen molar-refractivity contribution in [3.8, 4) is 0 Å². The number of esters is 1. The Labute approximate surface area is 423 Å². The molecule has 0 aromatic rings. The topological polar surface area (TPSA) is 114 Å². The number of phosphoric acid groups is 1. The van der Waals surface area contributed by atoms with E-state index in [1.165, 1.54) is 96.3 Å². The van der Waals surface area contributed by atoms with E-state index < -0.39 is 32.5 Å². The van der Waals surface area contributed by atoms with Crippen LogP contribution in [0.2, 0.25) is 0 Å². The highest BCUT2D eigenvalue weighted by molar-refractivity contribution is 7.45. The van der Waals surface area contributed by atoms with Crippen molar-refractivity contribution in [1.82, 2.24) is 5.32 Å². The average Bonchev–Trinajstić information content (AvgIpc) is 3.31. The molecule has 0 aromatic carbocycles. The van der Waals surface area contributed by atoms with Gasteiger partial charge in [-0.05, 0) is 70.3 Å². The molecule has 1 N–H and O–H groups in total. The minimum atomic E-state index is -4.72. The van der Waals surface area contributed by atoms with Crippen LogP contribution in [0, 0.1) is 0 Å². The lowest BCUT2D eigenvalue weighted by atomic mass is 10.0. The second-order valence-corrected chi connectivity index (χ2v) is 20.6. The molecule has 0 aliphatic heterocycles. The molecule has 69 heavy (non-hydrogen) atoms. The second-order valence-electron chi connectivity index (χ2n) is 19.1. The number of phosphoric ester groups is 1. The lowest BCUT2D eigenvalue weighted by Crippen LogP contribution is -2.47. The molecular formula is C59H101N2O7P. The van der Waals surface area contributed by atoms with Gasteiger partial charge >= 0.3 is 5.97 Å². The first-order valence-electron chi connectivity index (χ1n) is 27.3. The van der Waals surface area contributed by atoms with Gasteiger partial charge in [0.25, 0.3) is 7.82 Å². The first-order valence-corrected chi connectivity index (χ1v) is 28.7. The van der Waals surface area contributed by atoms with E-state index in [1.54, 1.807) is 6.08 Å². The molecule has 9 nitrogen and oxygen atoms in total. The van der Waals surface area contributed by atoms with Crippen molar-refractivity contribution in [2.75, 3.05) is 40.9 Å². The van der Waals surface area contributed by atoms with Crippen LogP contribution in [0.5, 0.6) is 0 Å². The van der Waals surface area contributed by atoms with Crippen LogP contribution in [0.3, 0.4) is 0 Å². The van der Waals surface area contributed by atoms with Crippen molar-refractivity contribution in [2.24, 2.45) is 0 Å². The molecule has 0 radical (unpaired) electrons. The number of nitrogens with zero attached hydrogens (tertiary/aromatic N) is 1. The largest absolute Gasteiger partial charge is 0.756 e. The third kappa shape index (κ3) is 49.4. The minimum Gasteiger partial charge on any atom is -0.756 e. The number of nitrogens with one attached hydrogen (secondary N) is 1. The zero-order chi connectivity index (χ0) is 50.8. The summed E-state index contributed by atoms with van der Waals surface area (Å²) in [5.41, 5.74) is 0. The van der Waals surface area contributed by atoms with Crippen molar-refractivity contribution < 1.29 is 37.3 Å². The predicted octanol–water partition coefficient (Wildman–Crippen LogP) is 15.6. The van der Waals surface area contributed by atoms with Crippen LogP contribution in [-0.2, 0) is 27.9 Å². The fraction of sp³-hybridized carbons (Fsp3) is 0.661. The molecule has 0 aliphatic rings. The third-order valence-corrected chi connectivity index (χ3v) is 12.3. The van der Waals surface area contributed by atoms with Gasteiger partial charge in [0, 0.05) is 12.8 Å². The molecule has 0 spiro atoms. The second kappa shape index (κ2) is 48.3. The number of ether oxygens (including phenoxy) is 1. The van der Waals surface area contributed by atoms with E-state index in [0.29, 0.717) is 23.9 Å². The van der Waals surface area contributed by atoms with E-state index in [0.717, 1.165) is 57.8 Å². The Hall–Kier alpha value is -3.33. The summed E-state index contributed by atoms with van der Waals surface area (Å²) in [6, 6.07) is -0.940. The monoisotopic (exact) mass is 981 g/mol. The van der Waals surface area contributed by atoms with Gasteiger partial charge in [-0.2, -0.15) is 0 Å². The summed E-state index contributed by atoms with van der Waals surface area (Å²) in [5.74, 6) is -0.680. The number of hydrogen-bond donors (Lipinski definition) is 1. The third-order valence-electron chi connectivity index (χ3n) is 11.4. The predicted molar refractivity (Wildman–Crippen MR) is 293 cm³/mol. The number of rotatable bonds is 47. The summed E-state index contributed by atoms with van der Waals surface area (Å²) < 4.78 is 30.1. The first kappa shape index (κ1) is 65.7. The number of carbonyl (C=O) groups excluding carboxylic acids is 2. The minimum absolute atomic E-state index is 0.0449. The molecule has 0 aromatic heterocycles. The lowest BCUT2D eigenvalue weighted by Gasteiger charge is -2.30. The Morgan fingerprint density at radius 2 is 1.00 bits per heavy atom. The normalized spacial score (nSPS) is 14.7. The van der Waals surface area contributed by atoms with Gasteiger partial charge in [0.15, 0.2) is 0 Å². The molecule has 1 amide bonds.